The summed E-state index contributed by atoms with van der Waals surface area (Å²) < 4.78 is 0. The summed E-state index contributed by atoms with van der Waals surface area (Å²) in [5.41, 5.74) is 1.77. The molecular weight excluding hydrogens is 390 g/mol. The molecule has 3 aliphatic carbocycles. The standard InChI is InChI=1S/C25H37N3O3/c1-16-4-5-20-19(13-28-23(31)22-14-26-10-11-27-22)21(7-9-24(16,20)2)25(3)8-6-18(30)12-17(25)15-29/h10-11,14,17-21,29-30H,1,4-9,12-13,15H2,2-3H3,(H,28,31)/t17-,18+,19+,20+,21+,24-,25+/m1/s1. The van der Waals surface area contributed by atoms with Crippen LogP contribution in [0.1, 0.15) is 69.3 Å². The third kappa shape index (κ3) is 3.93. The highest BCUT2D eigenvalue weighted by atomic mass is 16.3. The van der Waals surface area contributed by atoms with Crippen molar-refractivity contribution >= 4 is 5.91 Å². The van der Waals surface area contributed by atoms with E-state index in [2.05, 4.69) is 35.7 Å². The van der Waals surface area contributed by atoms with Gasteiger partial charge in [-0.2, -0.15) is 0 Å². The van der Waals surface area contributed by atoms with Crippen molar-refractivity contribution in [2.75, 3.05) is 13.2 Å². The first-order chi connectivity index (χ1) is 14.8. The monoisotopic (exact) mass is 427 g/mol. The Morgan fingerprint density at radius 1 is 1.23 bits per heavy atom. The number of hydrogen-bond acceptors (Lipinski definition) is 5. The van der Waals surface area contributed by atoms with Crippen LogP contribution in [0.15, 0.2) is 30.7 Å². The molecule has 0 spiro atoms. The molecule has 4 rings (SSSR count). The summed E-state index contributed by atoms with van der Waals surface area (Å²) in [5.74, 6) is 1.09. The van der Waals surface area contributed by atoms with Crippen LogP contribution in [0.2, 0.25) is 0 Å². The number of hydrogen-bond donors (Lipinski definition) is 3. The van der Waals surface area contributed by atoms with Crippen molar-refractivity contribution in [1.82, 2.24) is 15.3 Å². The minimum Gasteiger partial charge on any atom is -0.396 e. The summed E-state index contributed by atoms with van der Waals surface area (Å²) in [7, 11) is 0. The number of aromatic nitrogens is 2. The highest BCUT2D eigenvalue weighted by Crippen LogP contribution is 2.63. The maximum absolute atomic E-state index is 12.7. The largest absolute Gasteiger partial charge is 0.396 e. The van der Waals surface area contributed by atoms with Crippen LogP contribution in [0.3, 0.4) is 0 Å². The van der Waals surface area contributed by atoms with E-state index in [1.807, 2.05) is 0 Å². The van der Waals surface area contributed by atoms with Crippen LogP contribution in [0.25, 0.3) is 0 Å². The molecule has 1 amide bonds. The van der Waals surface area contributed by atoms with Crippen LogP contribution >= 0.6 is 0 Å². The Bertz CT molecular complexity index is 815. The molecule has 6 nitrogen and oxygen atoms in total. The number of nitrogens with zero attached hydrogens (tertiary/aromatic N) is 2. The van der Waals surface area contributed by atoms with Gasteiger partial charge < -0.3 is 15.5 Å². The van der Waals surface area contributed by atoms with E-state index in [0.717, 1.165) is 38.5 Å². The van der Waals surface area contributed by atoms with Crippen molar-refractivity contribution in [2.24, 2.45) is 34.5 Å². The lowest BCUT2D eigenvalue weighted by Crippen LogP contribution is -2.53. The first-order valence-electron chi connectivity index (χ1n) is 11.8. The predicted molar refractivity (Wildman–Crippen MR) is 119 cm³/mol. The Kier molecular flexibility index (Phi) is 6.23. The molecule has 170 valence electrons. The van der Waals surface area contributed by atoms with Crippen LogP contribution in [0.5, 0.6) is 0 Å². The second kappa shape index (κ2) is 8.62. The maximum atomic E-state index is 12.7. The Morgan fingerprint density at radius 2 is 2.03 bits per heavy atom. The topological polar surface area (TPSA) is 95.3 Å². The smallest absolute Gasteiger partial charge is 0.271 e. The van der Waals surface area contributed by atoms with Crippen LogP contribution in [-0.2, 0) is 0 Å². The fourth-order valence-corrected chi connectivity index (χ4v) is 7.18. The maximum Gasteiger partial charge on any atom is 0.271 e. The van der Waals surface area contributed by atoms with E-state index in [9.17, 15) is 15.0 Å². The molecule has 0 radical (unpaired) electrons. The van der Waals surface area contributed by atoms with Crippen LogP contribution in [-0.4, -0.2) is 45.3 Å². The summed E-state index contributed by atoms with van der Waals surface area (Å²) in [6, 6.07) is 0. The predicted octanol–water partition coefficient (Wildman–Crippen LogP) is 3.36. The molecule has 7 atom stereocenters. The van der Waals surface area contributed by atoms with Gasteiger partial charge in [-0.05, 0) is 79.4 Å². The average Bonchev–Trinajstić information content (AvgIpc) is 3.08. The number of allylic oxidation sites excluding steroid dienone is 1. The second-order valence-corrected chi connectivity index (χ2v) is 10.6. The number of carbonyl (C=O) groups is 1. The fraction of sp³-hybridized carbons (Fsp3) is 0.720. The Labute approximate surface area is 185 Å². The summed E-state index contributed by atoms with van der Waals surface area (Å²) in [5, 5.41) is 23.6. The van der Waals surface area contributed by atoms with Gasteiger partial charge in [0.15, 0.2) is 0 Å². The van der Waals surface area contributed by atoms with Crippen molar-refractivity contribution in [3.8, 4) is 0 Å². The molecule has 0 saturated heterocycles. The van der Waals surface area contributed by atoms with E-state index in [4.69, 9.17) is 0 Å². The molecule has 3 N–H and O–H groups in total. The number of rotatable bonds is 5. The molecule has 0 aromatic carbocycles. The molecule has 3 aliphatic rings. The highest BCUT2D eigenvalue weighted by molar-refractivity contribution is 5.91. The van der Waals surface area contributed by atoms with Gasteiger partial charge >= 0.3 is 0 Å². The SMILES string of the molecule is C=C1CC[C@H]2[C@H](CNC(=O)c3cnccn3)[C@@H]([C@@]3(C)CC[C@H](O)C[C@@H]3CO)CC[C@]12C. The van der Waals surface area contributed by atoms with Gasteiger partial charge in [0.05, 0.1) is 12.3 Å². The Balaban J connectivity index is 1.60. The molecule has 3 saturated carbocycles. The normalized spacial score (nSPS) is 40.4. The Hall–Kier alpha value is -1.79. The van der Waals surface area contributed by atoms with E-state index in [1.54, 1.807) is 6.20 Å². The first-order valence-corrected chi connectivity index (χ1v) is 11.8. The summed E-state index contributed by atoms with van der Waals surface area (Å²) >= 11 is 0. The molecule has 3 fully saturated rings. The lowest BCUT2D eigenvalue weighted by atomic mass is 9.49. The van der Waals surface area contributed by atoms with E-state index in [0.29, 0.717) is 36.4 Å². The zero-order valence-corrected chi connectivity index (χ0v) is 18.9. The molecule has 31 heavy (non-hydrogen) atoms. The third-order valence-corrected chi connectivity index (χ3v) is 9.26. The van der Waals surface area contributed by atoms with E-state index >= 15 is 0 Å². The van der Waals surface area contributed by atoms with Gasteiger partial charge in [-0.3, -0.25) is 9.78 Å². The van der Waals surface area contributed by atoms with Gasteiger partial charge in [0.1, 0.15) is 5.69 Å². The molecule has 0 bridgehead atoms. The van der Waals surface area contributed by atoms with Crippen LogP contribution in [0.4, 0.5) is 0 Å². The lowest BCUT2D eigenvalue weighted by Gasteiger charge is -2.56. The van der Waals surface area contributed by atoms with Crippen molar-refractivity contribution in [3.05, 3.63) is 36.4 Å². The van der Waals surface area contributed by atoms with E-state index in [1.165, 1.54) is 18.0 Å². The molecule has 0 aliphatic heterocycles. The number of aliphatic hydroxyl groups excluding tert-OH is 2. The van der Waals surface area contributed by atoms with Gasteiger partial charge in [-0.25, -0.2) is 4.98 Å². The first kappa shape index (κ1) is 22.4. The van der Waals surface area contributed by atoms with Crippen molar-refractivity contribution < 1.29 is 15.0 Å². The molecule has 1 aromatic rings. The van der Waals surface area contributed by atoms with Gasteiger partial charge in [0.2, 0.25) is 0 Å². The summed E-state index contributed by atoms with van der Waals surface area (Å²) in [4.78, 5) is 20.9. The zero-order valence-electron chi connectivity index (χ0n) is 18.9. The highest BCUT2D eigenvalue weighted by Gasteiger charge is 2.56. The molecule has 6 heteroatoms. The molecular formula is C25H37N3O3. The van der Waals surface area contributed by atoms with Crippen LogP contribution < -0.4 is 5.32 Å². The fourth-order valence-electron chi connectivity index (χ4n) is 7.18. The van der Waals surface area contributed by atoms with Crippen molar-refractivity contribution in [1.29, 1.82) is 0 Å². The van der Waals surface area contributed by atoms with E-state index < -0.39 is 0 Å². The molecule has 1 aromatic heterocycles. The van der Waals surface area contributed by atoms with Crippen molar-refractivity contribution in [3.63, 3.8) is 0 Å². The lowest BCUT2D eigenvalue weighted by molar-refractivity contribution is -0.0928. The van der Waals surface area contributed by atoms with Gasteiger partial charge in [0, 0.05) is 25.5 Å². The molecule has 0 unspecified atom stereocenters. The number of amides is 1. The Morgan fingerprint density at radius 3 is 2.74 bits per heavy atom. The third-order valence-electron chi connectivity index (χ3n) is 9.26. The van der Waals surface area contributed by atoms with Gasteiger partial charge in [-0.15, -0.1) is 0 Å². The van der Waals surface area contributed by atoms with Gasteiger partial charge in [-0.1, -0.05) is 26.0 Å². The van der Waals surface area contributed by atoms with Gasteiger partial charge in [0.25, 0.3) is 5.91 Å². The number of carbonyl (C=O) groups excluding carboxylic acids is 1. The van der Waals surface area contributed by atoms with Crippen LogP contribution in [0, 0.1) is 34.5 Å². The summed E-state index contributed by atoms with van der Waals surface area (Å²) in [6.45, 7) is 9.79. The zero-order chi connectivity index (χ0) is 22.2. The minimum absolute atomic E-state index is 0.0405. The van der Waals surface area contributed by atoms with E-state index in [-0.39, 0.29) is 35.4 Å². The number of fused-ring (bicyclic) bond motifs is 1. The minimum atomic E-state index is -0.319. The second-order valence-electron chi connectivity index (χ2n) is 10.6. The molecule has 1 heterocycles. The number of nitrogens with one attached hydrogen (secondary N) is 1. The quantitative estimate of drug-likeness (QED) is 0.626. The summed E-state index contributed by atoms with van der Waals surface area (Å²) in [6.07, 6.45) is 11.0. The average molecular weight is 428 g/mol. The van der Waals surface area contributed by atoms with Crippen molar-refractivity contribution in [2.45, 2.75) is 64.9 Å². The number of aliphatic hydroxyl groups is 2.